The van der Waals surface area contributed by atoms with Gasteiger partial charge in [-0.2, -0.15) is 0 Å². The summed E-state index contributed by atoms with van der Waals surface area (Å²) >= 11 is 9.66. The van der Waals surface area contributed by atoms with Gasteiger partial charge >= 0.3 is 0 Å². The predicted molar refractivity (Wildman–Crippen MR) is 90.5 cm³/mol. The highest BCUT2D eigenvalue weighted by molar-refractivity contribution is 9.10. The second-order valence-electron chi connectivity index (χ2n) is 5.00. The number of hydrogen-bond acceptors (Lipinski definition) is 1. The van der Waals surface area contributed by atoms with Gasteiger partial charge in [-0.05, 0) is 60.8 Å². The topological polar surface area (TPSA) is 12.0 Å². The second-order valence-corrected chi connectivity index (χ2v) is 6.35. The fourth-order valence-electron chi connectivity index (χ4n) is 2.38. The number of nitrogens with one attached hydrogen (secondary N) is 1. The third-order valence-electron chi connectivity index (χ3n) is 3.27. The summed E-state index contributed by atoms with van der Waals surface area (Å²) < 4.78 is 1.11. The summed E-state index contributed by atoms with van der Waals surface area (Å²) in [6.45, 7) is 5.15. The summed E-state index contributed by atoms with van der Waals surface area (Å²) in [5, 5.41) is 4.35. The van der Waals surface area contributed by atoms with E-state index in [1.165, 1.54) is 16.7 Å². The lowest BCUT2D eigenvalue weighted by atomic mass is 9.97. The number of halogens is 2. The maximum atomic E-state index is 6.18. The van der Waals surface area contributed by atoms with Crippen molar-refractivity contribution in [2.45, 2.75) is 26.3 Å². The lowest BCUT2D eigenvalue weighted by Gasteiger charge is -2.19. The molecule has 0 spiro atoms. The molecule has 2 aromatic rings. The molecule has 0 aliphatic carbocycles. The molecule has 1 N–H and O–H groups in total. The van der Waals surface area contributed by atoms with E-state index in [4.69, 9.17) is 11.6 Å². The largest absolute Gasteiger partial charge is 0.310 e. The lowest BCUT2D eigenvalue weighted by Crippen LogP contribution is -2.23. The third-order valence-corrected chi connectivity index (χ3v) is 4.02. The normalized spacial score (nSPS) is 12.4. The van der Waals surface area contributed by atoms with E-state index >= 15 is 0 Å². The second kappa shape index (κ2) is 7.26. The molecule has 0 amide bonds. The first kappa shape index (κ1) is 15.6. The molecule has 0 fully saturated rings. The molecule has 0 saturated carbocycles. The highest BCUT2D eigenvalue weighted by atomic mass is 79.9. The van der Waals surface area contributed by atoms with E-state index in [-0.39, 0.29) is 0 Å². The molecule has 106 valence electrons. The Morgan fingerprint density at radius 2 is 1.85 bits per heavy atom. The Morgan fingerprint density at radius 1 is 1.15 bits per heavy atom. The molecule has 1 atom stereocenters. The number of hydrogen-bond donors (Lipinski definition) is 1. The van der Waals surface area contributed by atoms with Gasteiger partial charge in [0.15, 0.2) is 0 Å². The molecule has 0 radical (unpaired) electrons. The molecular formula is C17H19BrClN. The van der Waals surface area contributed by atoms with Gasteiger partial charge in [-0.25, -0.2) is 0 Å². The molecule has 1 nitrogen and oxygen atoms in total. The minimum Gasteiger partial charge on any atom is -0.310 e. The lowest BCUT2D eigenvalue weighted by molar-refractivity contribution is 0.549. The Kier molecular flexibility index (Phi) is 5.64. The van der Waals surface area contributed by atoms with Crippen molar-refractivity contribution < 1.29 is 0 Å². The fraction of sp³-hybridized carbons (Fsp3) is 0.294. The van der Waals surface area contributed by atoms with Crippen LogP contribution in [0, 0.1) is 6.92 Å². The van der Waals surface area contributed by atoms with Gasteiger partial charge in [0.05, 0.1) is 0 Å². The molecule has 0 heterocycles. The molecule has 20 heavy (non-hydrogen) atoms. The number of benzene rings is 2. The predicted octanol–water partition coefficient (Wildman–Crippen LogP) is 5.30. The van der Waals surface area contributed by atoms with Crippen molar-refractivity contribution in [3.05, 3.63) is 68.7 Å². The van der Waals surface area contributed by atoms with Crippen LogP contribution >= 0.6 is 27.5 Å². The molecule has 2 rings (SSSR count). The van der Waals surface area contributed by atoms with Crippen LogP contribution in [0.1, 0.15) is 29.7 Å². The van der Waals surface area contributed by atoms with Crippen molar-refractivity contribution in [3.63, 3.8) is 0 Å². The van der Waals surface area contributed by atoms with Crippen LogP contribution in [0.3, 0.4) is 0 Å². The first-order chi connectivity index (χ1) is 9.58. The van der Waals surface area contributed by atoms with Crippen LogP contribution in [0.15, 0.2) is 46.9 Å². The average Bonchev–Trinajstić information content (AvgIpc) is 2.39. The fourth-order valence-corrected chi connectivity index (χ4v) is 2.94. The quantitative estimate of drug-likeness (QED) is 0.769. The van der Waals surface area contributed by atoms with Crippen molar-refractivity contribution in [3.8, 4) is 0 Å². The number of aryl methyl sites for hydroxylation is 1. The van der Waals surface area contributed by atoms with Crippen LogP contribution in [0.5, 0.6) is 0 Å². The molecule has 0 aliphatic heterocycles. The van der Waals surface area contributed by atoms with Crippen molar-refractivity contribution in [2.75, 3.05) is 6.54 Å². The zero-order valence-electron chi connectivity index (χ0n) is 11.8. The van der Waals surface area contributed by atoms with Gasteiger partial charge < -0.3 is 5.32 Å². The van der Waals surface area contributed by atoms with Gasteiger partial charge in [0.25, 0.3) is 0 Å². The highest BCUT2D eigenvalue weighted by Crippen LogP contribution is 2.24. The maximum absolute atomic E-state index is 6.18. The summed E-state index contributed by atoms with van der Waals surface area (Å²) in [4.78, 5) is 0. The summed E-state index contributed by atoms with van der Waals surface area (Å²) in [6, 6.07) is 15.0. The molecule has 3 heteroatoms. The van der Waals surface area contributed by atoms with Gasteiger partial charge in [0.2, 0.25) is 0 Å². The molecular weight excluding hydrogens is 334 g/mol. The smallest absolute Gasteiger partial charge is 0.0411 e. The van der Waals surface area contributed by atoms with E-state index in [2.05, 4.69) is 71.5 Å². The molecule has 2 aromatic carbocycles. The van der Waals surface area contributed by atoms with E-state index < -0.39 is 0 Å². The summed E-state index contributed by atoms with van der Waals surface area (Å²) in [5.41, 5.74) is 3.77. The number of likely N-dealkylation sites (N-methyl/N-ethyl adjacent to an activating group) is 1. The Balaban J connectivity index is 2.23. The summed E-state index contributed by atoms with van der Waals surface area (Å²) in [6.07, 6.45) is 0.959. The van der Waals surface area contributed by atoms with Crippen LogP contribution in [0.4, 0.5) is 0 Å². The van der Waals surface area contributed by atoms with Crippen LogP contribution in [-0.4, -0.2) is 6.54 Å². The van der Waals surface area contributed by atoms with Gasteiger partial charge in [0.1, 0.15) is 0 Å². The van der Waals surface area contributed by atoms with Crippen molar-refractivity contribution in [1.29, 1.82) is 0 Å². The van der Waals surface area contributed by atoms with Crippen LogP contribution in [0.2, 0.25) is 5.02 Å². The molecule has 1 unspecified atom stereocenters. The third kappa shape index (κ3) is 4.34. The van der Waals surface area contributed by atoms with E-state index in [1.54, 1.807) is 0 Å². The van der Waals surface area contributed by atoms with E-state index in [1.807, 2.05) is 6.07 Å². The number of rotatable bonds is 5. The standard InChI is InChI=1S/C17H19BrClN/c1-3-20-17(10-13-4-6-15(18)7-5-13)14-8-12(2)9-16(19)11-14/h4-9,11,17,20H,3,10H2,1-2H3. The average molecular weight is 353 g/mol. The summed E-state index contributed by atoms with van der Waals surface area (Å²) in [5.74, 6) is 0. The monoisotopic (exact) mass is 351 g/mol. The van der Waals surface area contributed by atoms with Crippen molar-refractivity contribution >= 4 is 27.5 Å². The SMILES string of the molecule is CCNC(Cc1ccc(Br)cc1)c1cc(C)cc(Cl)c1. The van der Waals surface area contributed by atoms with Gasteiger partial charge in [-0.3, -0.25) is 0 Å². The van der Waals surface area contributed by atoms with E-state index in [9.17, 15) is 0 Å². The van der Waals surface area contributed by atoms with Crippen molar-refractivity contribution in [2.24, 2.45) is 0 Å². The Morgan fingerprint density at radius 3 is 2.45 bits per heavy atom. The zero-order valence-corrected chi connectivity index (χ0v) is 14.1. The molecule has 0 aliphatic rings. The Bertz CT molecular complexity index is 545. The molecule has 0 aromatic heterocycles. The van der Waals surface area contributed by atoms with E-state index in [0.29, 0.717) is 6.04 Å². The minimum absolute atomic E-state index is 0.290. The van der Waals surface area contributed by atoms with Gasteiger partial charge in [0, 0.05) is 15.5 Å². The van der Waals surface area contributed by atoms with Gasteiger partial charge in [-0.1, -0.05) is 52.7 Å². The molecule has 0 saturated heterocycles. The first-order valence-electron chi connectivity index (χ1n) is 6.83. The maximum Gasteiger partial charge on any atom is 0.0411 e. The van der Waals surface area contributed by atoms with Crippen molar-refractivity contribution in [1.82, 2.24) is 5.32 Å². The highest BCUT2D eigenvalue weighted by Gasteiger charge is 2.12. The minimum atomic E-state index is 0.290. The van der Waals surface area contributed by atoms with Gasteiger partial charge in [-0.15, -0.1) is 0 Å². The van der Waals surface area contributed by atoms with E-state index in [0.717, 1.165) is 22.5 Å². The first-order valence-corrected chi connectivity index (χ1v) is 8.00. The molecule has 0 bridgehead atoms. The zero-order chi connectivity index (χ0) is 14.5. The Hall–Kier alpha value is -0.830. The van der Waals surface area contributed by atoms with Crippen LogP contribution in [-0.2, 0) is 6.42 Å². The Labute approximate surface area is 134 Å². The van der Waals surface area contributed by atoms with Crippen LogP contribution < -0.4 is 5.32 Å². The van der Waals surface area contributed by atoms with Crippen LogP contribution in [0.25, 0.3) is 0 Å². The summed E-state index contributed by atoms with van der Waals surface area (Å²) in [7, 11) is 0.